The molecule has 0 spiro atoms. The Morgan fingerprint density at radius 2 is 0.614 bits per heavy atom. The van der Waals surface area contributed by atoms with Gasteiger partial charge < -0.3 is 89.9 Å². The summed E-state index contributed by atoms with van der Waals surface area (Å²) < 4.78 is 34.5. The first-order valence-electron chi connectivity index (χ1n) is 46.1. The van der Waals surface area contributed by atoms with Gasteiger partial charge >= 0.3 is 0 Å². The molecule has 0 aliphatic carbocycles. The van der Waals surface area contributed by atoms with E-state index >= 15 is 0 Å². The van der Waals surface area contributed by atoms with E-state index in [1.54, 1.807) is 6.08 Å². The van der Waals surface area contributed by atoms with Gasteiger partial charge in [-0.3, -0.25) is 4.79 Å². The Hall–Kier alpha value is -3.55. The van der Waals surface area contributed by atoms with E-state index in [9.17, 15) is 61.0 Å². The van der Waals surface area contributed by atoms with E-state index in [2.05, 4.69) is 116 Å². The number of carbonyl (C=O) groups is 1. The van der Waals surface area contributed by atoms with Crippen LogP contribution in [0.15, 0.2) is 109 Å². The number of aliphatic hydroxyl groups excluding tert-OH is 11. The molecule has 0 radical (unpaired) electrons. The average molecular weight is 1610 g/mol. The molecule has 3 heterocycles. The van der Waals surface area contributed by atoms with Crippen molar-refractivity contribution in [3.05, 3.63) is 109 Å². The molecule has 0 aromatic rings. The van der Waals surface area contributed by atoms with Gasteiger partial charge in [0.2, 0.25) is 5.91 Å². The van der Waals surface area contributed by atoms with E-state index in [0.29, 0.717) is 12.8 Å². The average Bonchev–Trinajstić information content (AvgIpc) is 0.782. The third-order valence-corrected chi connectivity index (χ3v) is 22.3. The van der Waals surface area contributed by atoms with Crippen molar-refractivity contribution in [2.45, 2.75) is 458 Å². The summed E-state index contributed by atoms with van der Waals surface area (Å²) in [5.41, 5.74) is 0. The lowest BCUT2D eigenvalue weighted by Crippen LogP contribution is -2.66. The number of amides is 1. The smallest absolute Gasteiger partial charge is 0.220 e. The molecule has 12 N–H and O–H groups in total. The van der Waals surface area contributed by atoms with Gasteiger partial charge in [-0.15, -0.1) is 0 Å². The van der Waals surface area contributed by atoms with E-state index in [1.807, 2.05) is 6.08 Å². The molecular weight excluding hydrogens is 1440 g/mol. The Morgan fingerprint density at radius 3 is 0.982 bits per heavy atom. The summed E-state index contributed by atoms with van der Waals surface area (Å²) in [6, 6.07) is -1.00. The minimum absolute atomic E-state index is 0.231. The quantitative estimate of drug-likeness (QED) is 0.0199. The largest absolute Gasteiger partial charge is 0.394 e. The van der Waals surface area contributed by atoms with E-state index in [-0.39, 0.29) is 18.9 Å². The standard InChI is InChI=1S/C95H167NO18/c1-3-5-7-9-11-13-15-17-19-21-23-25-27-29-31-33-34-35-36-37-38-39-40-41-42-43-44-45-47-49-51-53-55-57-59-61-63-65-67-69-71-73-83(101)96-78(79(100)72-70-68-66-64-62-60-58-56-54-52-50-48-46-32-30-28-26-24-22-20-18-16-14-12-10-8-6-4-2)77-109-93-89(107)86(104)91(81(75-98)111-93)114-95-90(108)87(105)92(82(76-99)112-95)113-94-88(106)85(103)84(102)80(74-97)110-94/h5,7,11,13,17,19,23,25,29,31,34-35,54,56,62,64,70,72,78-82,84-95,97-100,102-108H,3-4,6,8-10,12,14-16,18,20-22,24,26-28,30,32-33,36-53,55,57-61,63,65-69,71,73-77H2,1-2H3,(H,96,101)/b7-5-,13-11-,19-17-,25-23-,31-29-,35-34-,56-54+,64-62+,72-70+. The molecule has 19 nitrogen and oxygen atoms in total. The molecule has 19 heteroatoms. The third kappa shape index (κ3) is 51.2. The highest BCUT2D eigenvalue weighted by Gasteiger charge is 2.54. The number of hydrogen-bond acceptors (Lipinski definition) is 18. The van der Waals surface area contributed by atoms with Crippen molar-refractivity contribution < 1.29 is 89.4 Å². The number of unbranched alkanes of at least 4 members (excludes halogenated alkanes) is 42. The van der Waals surface area contributed by atoms with Gasteiger partial charge in [0.25, 0.3) is 0 Å². The molecule has 0 aromatic heterocycles. The van der Waals surface area contributed by atoms with Crippen LogP contribution < -0.4 is 5.32 Å². The van der Waals surface area contributed by atoms with E-state index < -0.39 is 124 Å². The van der Waals surface area contributed by atoms with Crippen LogP contribution in [0.2, 0.25) is 0 Å². The van der Waals surface area contributed by atoms with Gasteiger partial charge in [-0.05, 0) is 96.3 Å². The molecule has 0 bridgehead atoms. The summed E-state index contributed by atoms with van der Waals surface area (Å²) in [4.78, 5) is 13.5. The number of nitrogens with one attached hydrogen (secondary N) is 1. The second-order valence-corrected chi connectivity index (χ2v) is 32.4. The van der Waals surface area contributed by atoms with Gasteiger partial charge in [0.05, 0.1) is 38.6 Å². The fraction of sp³-hybridized carbons (Fsp3) is 0.800. The van der Waals surface area contributed by atoms with Gasteiger partial charge in [0.15, 0.2) is 18.9 Å². The second kappa shape index (κ2) is 73.4. The Bertz CT molecular complexity index is 2480. The zero-order valence-electron chi connectivity index (χ0n) is 71.3. The summed E-state index contributed by atoms with van der Waals surface area (Å²) in [6.07, 6.45) is 76.8. The number of rotatable bonds is 74. The molecule has 3 rings (SSSR count). The predicted molar refractivity (Wildman–Crippen MR) is 461 cm³/mol. The van der Waals surface area contributed by atoms with Gasteiger partial charge in [-0.25, -0.2) is 0 Å². The predicted octanol–water partition coefficient (Wildman–Crippen LogP) is 18.0. The van der Waals surface area contributed by atoms with Crippen molar-refractivity contribution >= 4 is 5.91 Å². The fourth-order valence-electron chi connectivity index (χ4n) is 15.0. The topological polar surface area (TPSA) is 307 Å². The fourth-order valence-corrected chi connectivity index (χ4v) is 15.0. The third-order valence-electron chi connectivity index (χ3n) is 22.3. The van der Waals surface area contributed by atoms with Gasteiger partial charge in [-0.1, -0.05) is 361 Å². The van der Waals surface area contributed by atoms with Gasteiger partial charge in [0, 0.05) is 6.42 Å². The van der Waals surface area contributed by atoms with Crippen LogP contribution >= 0.6 is 0 Å². The first-order chi connectivity index (χ1) is 55.8. The first kappa shape index (κ1) is 105. The number of carbonyl (C=O) groups excluding carboxylic acids is 1. The lowest BCUT2D eigenvalue weighted by molar-refractivity contribution is -0.379. The van der Waals surface area contributed by atoms with E-state index in [0.717, 1.165) is 83.5 Å². The van der Waals surface area contributed by atoms with Crippen molar-refractivity contribution in [3.63, 3.8) is 0 Å². The summed E-state index contributed by atoms with van der Waals surface area (Å²) in [5.74, 6) is -0.286. The second-order valence-electron chi connectivity index (χ2n) is 32.4. The van der Waals surface area contributed by atoms with Gasteiger partial charge in [0.1, 0.15) is 73.2 Å². The molecule has 3 fully saturated rings. The molecule has 0 saturated carbocycles. The molecule has 114 heavy (non-hydrogen) atoms. The van der Waals surface area contributed by atoms with Crippen LogP contribution in [0.3, 0.4) is 0 Å². The zero-order chi connectivity index (χ0) is 82.4. The Morgan fingerprint density at radius 1 is 0.325 bits per heavy atom. The molecule has 3 aliphatic rings. The molecular formula is C95H167NO18. The highest BCUT2D eigenvalue weighted by atomic mass is 16.8. The minimum Gasteiger partial charge on any atom is -0.394 e. The van der Waals surface area contributed by atoms with Crippen molar-refractivity contribution in [3.8, 4) is 0 Å². The van der Waals surface area contributed by atoms with Crippen LogP contribution in [-0.2, 0) is 33.2 Å². The highest BCUT2D eigenvalue weighted by molar-refractivity contribution is 5.76. The summed E-state index contributed by atoms with van der Waals surface area (Å²) >= 11 is 0. The summed E-state index contributed by atoms with van der Waals surface area (Å²) in [5, 5.41) is 121. The Balaban J connectivity index is 1.31. The maximum absolute atomic E-state index is 13.5. The number of allylic oxidation sites excluding steroid dienone is 17. The Kier molecular flexibility index (Phi) is 67.4. The zero-order valence-corrected chi connectivity index (χ0v) is 71.3. The highest BCUT2D eigenvalue weighted by Crippen LogP contribution is 2.34. The SMILES string of the molecule is CC/C=C\C/C=C\C/C=C\C/C=C\C/C=C\C/C=C\CCCCCCCCCCCCCCCCCCCCCCCCC(=O)NC(COC1OC(CO)C(OC2OC(CO)C(OC3OC(CO)C(O)C(O)C3O)C(O)C2O)C(O)C1O)C(O)/C=C/CC/C=C/CC/C=C/CCCCCCCCCCCCCCCCCCCC. The molecule has 3 aliphatic heterocycles. The molecule has 660 valence electrons. The van der Waals surface area contributed by atoms with Crippen molar-refractivity contribution in [1.29, 1.82) is 0 Å². The maximum atomic E-state index is 13.5. The van der Waals surface area contributed by atoms with E-state index in [4.69, 9.17) is 28.4 Å². The normalized spacial score (nSPS) is 25.2. The number of aliphatic hydroxyl groups is 11. The van der Waals surface area contributed by atoms with Gasteiger partial charge in [-0.2, -0.15) is 0 Å². The van der Waals surface area contributed by atoms with Crippen molar-refractivity contribution in [1.82, 2.24) is 5.32 Å². The molecule has 0 aromatic carbocycles. The summed E-state index contributed by atoms with van der Waals surface area (Å²) in [6.45, 7) is 1.64. The molecule has 17 atom stereocenters. The first-order valence-corrected chi connectivity index (χ1v) is 46.1. The minimum atomic E-state index is -1.99. The van der Waals surface area contributed by atoms with Crippen LogP contribution in [-0.4, -0.2) is 193 Å². The summed E-state index contributed by atoms with van der Waals surface area (Å²) in [7, 11) is 0. The lowest BCUT2D eigenvalue weighted by Gasteiger charge is -2.48. The van der Waals surface area contributed by atoms with Crippen molar-refractivity contribution in [2.24, 2.45) is 0 Å². The molecule has 17 unspecified atom stereocenters. The van der Waals surface area contributed by atoms with Crippen molar-refractivity contribution in [2.75, 3.05) is 26.4 Å². The maximum Gasteiger partial charge on any atom is 0.220 e. The monoisotopic (exact) mass is 1610 g/mol. The Labute approximate surface area is 691 Å². The van der Waals surface area contributed by atoms with Crippen LogP contribution in [0, 0.1) is 0 Å². The number of hydrogen-bond donors (Lipinski definition) is 12. The van der Waals surface area contributed by atoms with E-state index in [1.165, 1.54) is 238 Å². The molecule has 1 amide bonds. The number of ether oxygens (including phenoxy) is 6. The molecule has 3 saturated heterocycles. The van der Waals surface area contributed by atoms with Crippen LogP contribution in [0.5, 0.6) is 0 Å². The van der Waals surface area contributed by atoms with Crippen LogP contribution in [0.1, 0.15) is 354 Å². The lowest BCUT2D eigenvalue weighted by atomic mass is 9.96. The van der Waals surface area contributed by atoms with Crippen LogP contribution in [0.25, 0.3) is 0 Å². The van der Waals surface area contributed by atoms with Crippen LogP contribution in [0.4, 0.5) is 0 Å².